The molecule has 0 spiro atoms. The van der Waals surface area contributed by atoms with Gasteiger partial charge in [-0.05, 0) is 36.5 Å². The van der Waals surface area contributed by atoms with Gasteiger partial charge in [0.25, 0.3) is 0 Å². The molecule has 0 aliphatic carbocycles. The number of amides is 1. The Morgan fingerprint density at radius 1 is 1.29 bits per heavy atom. The van der Waals surface area contributed by atoms with Gasteiger partial charge in [0.2, 0.25) is 5.91 Å². The molecule has 0 radical (unpaired) electrons. The Bertz CT molecular complexity index is 496. The maximum absolute atomic E-state index is 12.6. The Morgan fingerprint density at radius 2 is 2.05 bits per heavy atom. The first-order valence-electron chi connectivity index (χ1n) is 7.77. The van der Waals surface area contributed by atoms with Crippen LogP contribution >= 0.6 is 11.6 Å². The molecule has 1 unspecified atom stereocenters. The first-order valence-corrected chi connectivity index (χ1v) is 8.15. The number of hydrogen-bond donors (Lipinski definition) is 0. The highest BCUT2D eigenvalue weighted by atomic mass is 35.5. The fourth-order valence-electron chi connectivity index (χ4n) is 3.48. The van der Waals surface area contributed by atoms with Crippen molar-refractivity contribution in [2.75, 3.05) is 26.3 Å². The average molecular weight is 308 g/mol. The first-order chi connectivity index (χ1) is 10.1. The van der Waals surface area contributed by atoms with E-state index in [2.05, 4.69) is 19.1 Å². The summed E-state index contributed by atoms with van der Waals surface area (Å²) in [4.78, 5) is 14.6. The lowest BCUT2D eigenvalue weighted by molar-refractivity contribution is -0.138. The first kappa shape index (κ1) is 14.9. The van der Waals surface area contributed by atoms with Gasteiger partial charge in [0.05, 0.1) is 12.5 Å². The summed E-state index contributed by atoms with van der Waals surface area (Å²) in [7, 11) is 0. The molecule has 21 heavy (non-hydrogen) atoms. The lowest BCUT2D eigenvalue weighted by Crippen LogP contribution is -2.38. The van der Waals surface area contributed by atoms with Gasteiger partial charge in [0.1, 0.15) is 0 Å². The number of hydrogen-bond acceptors (Lipinski definition) is 2. The van der Waals surface area contributed by atoms with Crippen LogP contribution in [0.4, 0.5) is 0 Å². The number of halogens is 1. The summed E-state index contributed by atoms with van der Waals surface area (Å²) in [6.07, 6.45) is 1.97. The van der Waals surface area contributed by atoms with Gasteiger partial charge in [-0.1, -0.05) is 30.7 Å². The van der Waals surface area contributed by atoms with Gasteiger partial charge >= 0.3 is 0 Å². The molecule has 0 aromatic heterocycles. The fraction of sp³-hybridized carbons (Fsp3) is 0.588. The number of nitrogens with zero attached hydrogens (tertiary/aromatic N) is 1. The van der Waals surface area contributed by atoms with Crippen LogP contribution in [0.2, 0.25) is 5.02 Å². The zero-order valence-electron chi connectivity index (χ0n) is 12.4. The van der Waals surface area contributed by atoms with Crippen LogP contribution in [-0.2, 0) is 9.53 Å². The van der Waals surface area contributed by atoms with E-state index in [-0.39, 0.29) is 11.8 Å². The minimum Gasteiger partial charge on any atom is -0.381 e. The van der Waals surface area contributed by atoms with E-state index in [9.17, 15) is 4.79 Å². The predicted molar refractivity (Wildman–Crippen MR) is 83.5 cm³/mol. The van der Waals surface area contributed by atoms with E-state index in [1.54, 1.807) is 0 Å². The fourth-order valence-corrected chi connectivity index (χ4v) is 3.61. The van der Waals surface area contributed by atoms with Crippen molar-refractivity contribution in [3.8, 4) is 0 Å². The van der Waals surface area contributed by atoms with Gasteiger partial charge in [0.15, 0.2) is 0 Å². The molecule has 2 fully saturated rings. The highest BCUT2D eigenvalue weighted by Gasteiger charge is 2.36. The second-order valence-corrected chi connectivity index (χ2v) is 6.73. The van der Waals surface area contributed by atoms with Crippen molar-refractivity contribution in [3.05, 3.63) is 34.9 Å². The molecular weight excluding hydrogens is 286 g/mol. The van der Waals surface area contributed by atoms with Crippen molar-refractivity contribution in [1.82, 2.24) is 4.90 Å². The molecule has 3 nitrogen and oxygen atoms in total. The summed E-state index contributed by atoms with van der Waals surface area (Å²) in [6.45, 7) is 5.29. The highest BCUT2D eigenvalue weighted by molar-refractivity contribution is 6.30. The maximum Gasteiger partial charge on any atom is 0.228 e. The zero-order valence-corrected chi connectivity index (χ0v) is 13.2. The molecule has 0 saturated carbocycles. The summed E-state index contributed by atoms with van der Waals surface area (Å²) in [6, 6.07) is 8.04. The SMILES string of the molecule is C[C@@H]1CN(C(=O)C2CCCOC2)C[C@H]1c1ccc(Cl)cc1. The molecule has 0 N–H and O–H groups in total. The number of ether oxygens (including phenoxy) is 1. The summed E-state index contributed by atoms with van der Waals surface area (Å²) in [5.41, 5.74) is 1.28. The normalized spacial score (nSPS) is 29.6. The van der Waals surface area contributed by atoms with E-state index < -0.39 is 0 Å². The molecular formula is C17H22ClNO2. The molecule has 1 aromatic rings. The Hall–Kier alpha value is -1.06. The summed E-state index contributed by atoms with van der Waals surface area (Å²) in [5, 5.41) is 0.761. The molecule has 2 saturated heterocycles. The van der Waals surface area contributed by atoms with Crippen molar-refractivity contribution in [2.24, 2.45) is 11.8 Å². The molecule has 114 valence electrons. The van der Waals surface area contributed by atoms with E-state index in [1.807, 2.05) is 17.0 Å². The van der Waals surface area contributed by atoms with Crippen LogP contribution in [0.15, 0.2) is 24.3 Å². The van der Waals surface area contributed by atoms with Crippen molar-refractivity contribution in [1.29, 1.82) is 0 Å². The monoisotopic (exact) mass is 307 g/mol. The molecule has 2 aliphatic rings. The largest absolute Gasteiger partial charge is 0.381 e. The number of likely N-dealkylation sites (tertiary alicyclic amines) is 1. The number of carbonyl (C=O) groups excluding carboxylic acids is 1. The molecule has 3 rings (SSSR count). The van der Waals surface area contributed by atoms with E-state index >= 15 is 0 Å². The van der Waals surface area contributed by atoms with Crippen molar-refractivity contribution in [3.63, 3.8) is 0 Å². The third kappa shape index (κ3) is 3.24. The van der Waals surface area contributed by atoms with Crippen LogP contribution in [0.3, 0.4) is 0 Å². The van der Waals surface area contributed by atoms with E-state index in [1.165, 1.54) is 5.56 Å². The predicted octanol–water partition coefficient (Wildman–Crippen LogP) is 3.33. The quantitative estimate of drug-likeness (QED) is 0.839. The molecule has 2 aliphatic heterocycles. The Morgan fingerprint density at radius 3 is 2.71 bits per heavy atom. The minimum absolute atomic E-state index is 0.0647. The van der Waals surface area contributed by atoms with Gasteiger partial charge in [0, 0.05) is 30.6 Å². The topological polar surface area (TPSA) is 29.5 Å². The van der Waals surface area contributed by atoms with E-state index in [0.717, 1.165) is 37.6 Å². The number of carbonyl (C=O) groups is 1. The van der Waals surface area contributed by atoms with Crippen LogP contribution in [-0.4, -0.2) is 37.1 Å². The Labute approximate surface area is 131 Å². The van der Waals surface area contributed by atoms with E-state index in [0.29, 0.717) is 18.4 Å². The second-order valence-electron chi connectivity index (χ2n) is 6.29. The molecule has 2 heterocycles. The van der Waals surface area contributed by atoms with Gasteiger partial charge in [-0.2, -0.15) is 0 Å². The van der Waals surface area contributed by atoms with Gasteiger partial charge in [-0.3, -0.25) is 4.79 Å². The summed E-state index contributed by atoms with van der Waals surface area (Å²) < 4.78 is 5.45. The van der Waals surface area contributed by atoms with Crippen molar-refractivity contribution < 1.29 is 9.53 Å². The molecule has 0 bridgehead atoms. The second kappa shape index (κ2) is 6.37. The minimum atomic E-state index is 0.0647. The molecule has 3 atom stereocenters. The summed E-state index contributed by atoms with van der Waals surface area (Å²) >= 11 is 5.96. The van der Waals surface area contributed by atoms with E-state index in [4.69, 9.17) is 16.3 Å². The van der Waals surface area contributed by atoms with Crippen LogP contribution < -0.4 is 0 Å². The van der Waals surface area contributed by atoms with Crippen molar-refractivity contribution >= 4 is 17.5 Å². The average Bonchev–Trinajstić information content (AvgIpc) is 2.90. The summed E-state index contributed by atoms with van der Waals surface area (Å²) in [5.74, 6) is 1.24. The van der Waals surface area contributed by atoms with Crippen LogP contribution in [0.1, 0.15) is 31.2 Å². The smallest absolute Gasteiger partial charge is 0.228 e. The standard InChI is InChI=1S/C17H22ClNO2/c1-12-9-19(17(20)14-3-2-8-21-11-14)10-16(12)13-4-6-15(18)7-5-13/h4-7,12,14,16H,2-3,8-11H2,1H3/t12-,14?,16-/m1/s1. The maximum atomic E-state index is 12.6. The zero-order chi connectivity index (χ0) is 14.8. The van der Waals surface area contributed by atoms with Crippen LogP contribution in [0.25, 0.3) is 0 Å². The Balaban J connectivity index is 1.67. The van der Waals surface area contributed by atoms with Crippen LogP contribution in [0, 0.1) is 11.8 Å². The lowest BCUT2D eigenvalue weighted by atomic mass is 9.90. The lowest BCUT2D eigenvalue weighted by Gasteiger charge is -2.26. The van der Waals surface area contributed by atoms with Gasteiger partial charge in [-0.15, -0.1) is 0 Å². The van der Waals surface area contributed by atoms with Gasteiger partial charge < -0.3 is 9.64 Å². The highest BCUT2D eigenvalue weighted by Crippen LogP contribution is 2.34. The van der Waals surface area contributed by atoms with Crippen LogP contribution in [0.5, 0.6) is 0 Å². The molecule has 1 aromatic carbocycles. The molecule has 4 heteroatoms. The number of benzene rings is 1. The third-order valence-corrected chi connectivity index (χ3v) is 4.98. The number of rotatable bonds is 2. The Kier molecular flexibility index (Phi) is 4.51. The van der Waals surface area contributed by atoms with Gasteiger partial charge in [-0.25, -0.2) is 0 Å². The molecule has 1 amide bonds. The van der Waals surface area contributed by atoms with Crippen molar-refractivity contribution in [2.45, 2.75) is 25.7 Å². The third-order valence-electron chi connectivity index (χ3n) is 4.73.